The fourth-order valence-corrected chi connectivity index (χ4v) is 6.97. The van der Waals surface area contributed by atoms with Gasteiger partial charge in [0.2, 0.25) is 0 Å². The van der Waals surface area contributed by atoms with Crippen molar-refractivity contribution in [1.29, 1.82) is 0 Å². The Bertz CT molecular complexity index is 1530. The van der Waals surface area contributed by atoms with E-state index in [4.69, 9.17) is 0 Å². The Labute approximate surface area is 208 Å². The Morgan fingerprint density at radius 3 is 2.53 bits per heavy atom. The van der Waals surface area contributed by atoms with Crippen molar-refractivity contribution in [3.63, 3.8) is 0 Å². The second-order valence-corrected chi connectivity index (χ2v) is 11.5. The molecule has 6 rings (SSSR count). The molecule has 10 heteroatoms. The summed E-state index contributed by atoms with van der Waals surface area (Å²) in [7, 11) is -2.23. The monoisotopic (exact) mass is 509 g/mol. The first kappa shape index (κ1) is 23.1. The molecular weight excluding hydrogens is 484 g/mol. The van der Waals surface area contributed by atoms with E-state index in [2.05, 4.69) is 21.9 Å². The highest BCUT2D eigenvalue weighted by atomic mass is 32.2. The zero-order valence-electron chi connectivity index (χ0n) is 19.7. The maximum Gasteiger partial charge on any atom is 0.268 e. The molecule has 3 aromatic heterocycles. The molecule has 5 heterocycles. The minimum absolute atomic E-state index is 0.150. The van der Waals surface area contributed by atoms with Gasteiger partial charge < -0.3 is 9.80 Å². The van der Waals surface area contributed by atoms with Gasteiger partial charge in [0, 0.05) is 49.2 Å². The van der Waals surface area contributed by atoms with E-state index in [1.54, 1.807) is 35.5 Å². The van der Waals surface area contributed by atoms with Crippen molar-refractivity contribution in [3.8, 4) is 11.3 Å². The molecule has 4 aromatic rings. The Balaban J connectivity index is 1.37. The van der Waals surface area contributed by atoms with Crippen molar-refractivity contribution in [3.05, 3.63) is 72.8 Å². The summed E-state index contributed by atoms with van der Waals surface area (Å²) in [6.07, 6.45) is 7.04. The number of halogens is 2. The maximum atomic E-state index is 15.3. The number of nitrogens with zero attached hydrogens (tertiary/aromatic N) is 5. The molecule has 2 fully saturated rings. The SMILES string of the molecule is CN1CCC2CN(c3c(F)cc(S(=O)(=O)n4ccc5c(-c6ccccn6)cncc54)cc3F)CC2C1. The highest BCUT2D eigenvalue weighted by Crippen LogP contribution is 2.37. The largest absolute Gasteiger partial charge is 0.366 e. The van der Waals surface area contributed by atoms with Gasteiger partial charge in [-0.3, -0.25) is 9.97 Å². The number of pyridine rings is 2. The molecule has 1 aromatic carbocycles. The number of anilines is 1. The normalized spacial score (nSPS) is 20.7. The summed E-state index contributed by atoms with van der Waals surface area (Å²) in [5, 5.41) is 0.620. The van der Waals surface area contributed by atoms with Crippen LogP contribution in [-0.4, -0.2) is 60.5 Å². The van der Waals surface area contributed by atoms with E-state index in [0.29, 0.717) is 47.1 Å². The van der Waals surface area contributed by atoms with Crippen LogP contribution in [0.5, 0.6) is 0 Å². The van der Waals surface area contributed by atoms with Crippen LogP contribution in [0.25, 0.3) is 22.2 Å². The number of fused-ring (bicyclic) bond motifs is 2. The van der Waals surface area contributed by atoms with Gasteiger partial charge in [0.05, 0.1) is 22.3 Å². The fourth-order valence-electron chi connectivity index (χ4n) is 5.61. The summed E-state index contributed by atoms with van der Waals surface area (Å²) >= 11 is 0. The Morgan fingerprint density at radius 1 is 1.00 bits per heavy atom. The molecule has 2 aliphatic heterocycles. The smallest absolute Gasteiger partial charge is 0.268 e. The lowest BCUT2D eigenvalue weighted by Gasteiger charge is -2.31. The molecule has 2 atom stereocenters. The highest BCUT2D eigenvalue weighted by molar-refractivity contribution is 7.90. The van der Waals surface area contributed by atoms with Crippen LogP contribution in [0.1, 0.15) is 6.42 Å². The van der Waals surface area contributed by atoms with Gasteiger partial charge in [0.25, 0.3) is 10.0 Å². The molecule has 0 spiro atoms. The number of hydrogen-bond donors (Lipinski definition) is 0. The first-order valence-electron chi connectivity index (χ1n) is 11.9. The number of aromatic nitrogens is 3. The molecule has 7 nitrogen and oxygen atoms in total. The van der Waals surface area contributed by atoms with Crippen LogP contribution in [0.2, 0.25) is 0 Å². The first-order chi connectivity index (χ1) is 17.3. The van der Waals surface area contributed by atoms with E-state index in [9.17, 15) is 8.42 Å². The first-order valence-corrected chi connectivity index (χ1v) is 13.3. The standard InChI is InChI=1S/C26H25F2N5O2S/c1-31-8-5-17-15-32(16-18(17)14-31)26-22(27)10-19(11-23(26)28)36(34,35)33-9-6-20-21(12-29-13-25(20)33)24-4-2-3-7-30-24/h2-4,6-7,9-13,17-18H,5,8,14-16H2,1H3. The third-order valence-electron chi connectivity index (χ3n) is 7.39. The van der Waals surface area contributed by atoms with Gasteiger partial charge in [-0.25, -0.2) is 21.2 Å². The van der Waals surface area contributed by atoms with Crippen LogP contribution >= 0.6 is 0 Å². The minimum atomic E-state index is -4.28. The number of piperidine rings is 1. The molecule has 0 bridgehead atoms. The summed E-state index contributed by atoms with van der Waals surface area (Å²) in [4.78, 5) is 12.0. The van der Waals surface area contributed by atoms with Crippen molar-refractivity contribution < 1.29 is 17.2 Å². The summed E-state index contributed by atoms with van der Waals surface area (Å²) < 4.78 is 58.6. The summed E-state index contributed by atoms with van der Waals surface area (Å²) in [6, 6.07) is 8.90. The van der Waals surface area contributed by atoms with E-state index in [0.717, 1.165) is 35.6 Å². The number of hydrogen-bond acceptors (Lipinski definition) is 6. The number of likely N-dealkylation sites (tertiary alicyclic amines) is 1. The maximum absolute atomic E-state index is 15.3. The summed E-state index contributed by atoms with van der Waals surface area (Å²) in [6.45, 7) is 2.99. The second-order valence-electron chi connectivity index (χ2n) is 9.66. The summed E-state index contributed by atoms with van der Waals surface area (Å²) in [5.74, 6) is -1.01. The van der Waals surface area contributed by atoms with E-state index in [1.807, 2.05) is 6.07 Å². The topological polar surface area (TPSA) is 71.3 Å². The average Bonchev–Trinajstić information content (AvgIpc) is 3.48. The van der Waals surface area contributed by atoms with Crippen LogP contribution in [-0.2, 0) is 10.0 Å². The van der Waals surface area contributed by atoms with Crippen molar-refractivity contribution in [1.82, 2.24) is 18.8 Å². The molecule has 2 unspecified atom stereocenters. The third-order valence-corrected chi connectivity index (χ3v) is 9.06. The zero-order chi connectivity index (χ0) is 25.0. The molecule has 36 heavy (non-hydrogen) atoms. The number of rotatable bonds is 4. The second kappa shape index (κ2) is 8.63. The van der Waals surface area contributed by atoms with Crippen LogP contribution in [0.4, 0.5) is 14.5 Å². The van der Waals surface area contributed by atoms with E-state index < -0.39 is 26.6 Å². The quantitative estimate of drug-likeness (QED) is 0.414. The highest BCUT2D eigenvalue weighted by Gasteiger charge is 2.38. The molecule has 2 aliphatic rings. The minimum Gasteiger partial charge on any atom is -0.366 e. The van der Waals surface area contributed by atoms with Gasteiger partial charge in [-0.15, -0.1) is 0 Å². The van der Waals surface area contributed by atoms with Gasteiger partial charge in [0.1, 0.15) is 5.69 Å². The van der Waals surface area contributed by atoms with Gasteiger partial charge in [-0.2, -0.15) is 0 Å². The van der Waals surface area contributed by atoms with Gasteiger partial charge in [-0.05, 0) is 62.2 Å². The van der Waals surface area contributed by atoms with E-state index >= 15 is 8.78 Å². The van der Waals surface area contributed by atoms with E-state index in [-0.39, 0.29) is 5.69 Å². The van der Waals surface area contributed by atoms with Gasteiger partial charge in [0.15, 0.2) is 11.6 Å². The van der Waals surface area contributed by atoms with Crippen LogP contribution in [0.3, 0.4) is 0 Å². The van der Waals surface area contributed by atoms with Gasteiger partial charge >= 0.3 is 0 Å². The predicted octanol–water partition coefficient (Wildman–Crippen LogP) is 4.00. The molecular formula is C26H25F2N5O2S. The predicted molar refractivity (Wildman–Crippen MR) is 133 cm³/mol. The lowest BCUT2D eigenvalue weighted by Crippen LogP contribution is -2.37. The van der Waals surface area contributed by atoms with E-state index in [1.165, 1.54) is 12.4 Å². The number of benzene rings is 1. The fraction of sp³-hybridized carbons (Fsp3) is 0.308. The van der Waals surface area contributed by atoms with Crippen LogP contribution in [0.15, 0.2) is 66.1 Å². The average molecular weight is 510 g/mol. The Kier molecular flexibility index (Phi) is 5.53. The molecule has 0 N–H and O–H groups in total. The molecule has 0 saturated carbocycles. The lowest BCUT2D eigenvalue weighted by atomic mass is 9.89. The Hall–Kier alpha value is -3.37. The van der Waals surface area contributed by atoms with Crippen LogP contribution in [0, 0.1) is 23.5 Å². The molecule has 0 radical (unpaired) electrons. The van der Waals surface area contributed by atoms with Crippen molar-refractivity contribution in [2.45, 2.75) is 11.3 Å². The van der Waals surface area contributed by atoms with Crippen molar-refractivity contribution in [2.75, 3.05) is 38.1 Å². The zero-order valence-corrected chi connectivity index (χ0v) is 20.5. The van der Waals surface area contributed by atoms with Crippen LogP contribution < -0.4 is 4.90 Å². The van der Waals surface area contributed by atoms with Gasteiger partial charge in [-0.1, -0.05) is 6.07 Å². The Morgan fingerprint density at radius 2 is 1.78 bits per heavy atom. The van der Waals surface area contributed by atoms with Crippen molar-refractivity contribution >= 4 is 26.6 Å². The van der Waals surface area contributed by atoms with Crippen molar-refractivity contribution in [2.24, 2.45) is 11.8 Å². The molecule has 0 amide bonds. The molecule has 186 valence electrons. The molecule has 2 saturated heterocycles. The lowest BCUT2D eigenvalue weighted by molar-refractivity contribution is 0.178. The summed E-state index contributed by atoms with van der Waals surface area (Å²) in [5.41, 5.74) is 1.46. The molecule has 0 aliphatic carbocycles. The third kappa shape index (κ3) is 3.75.